The molecule has 0 bridgehead atoms. The molecule has 2 aliphatic rings. The molecule has 1 aromatic rings. The number of hydrogen-bond donors (Lipinski definition) is 0. The molecule has 1 amide bonds. The fourth-order valence-electron chi connectivity index (χ4n) is 2.76. The first kappa shape index (κ1) is 13.5. The van der Waals surface area contributed by atoms with Crippen molar-refractivity contribution in [1.82, 2.24) is 4.90 Å². The lowest BCUT2D eigenvalue weighted by Gasteiger charge is -2.16. The number of nitrogens with zero attached hydrogens (tertiary/aromatic N) is 1. The van der Waals surface area contributed by atoms with E-state index >= 15 is 0 Å². The number of rotatable bonds is 3. The maximum atomic E-state index is 12.0. The minimum atomic E-state index is 0.0827. The van der Waals surface area contributed by atoms with Crippen molar-refractivity contribution < 1.29 is 14.3 Å². The maximum absolute atomic E-state index is 12.0. The van der Waals surface area contributed by atoms with Crippen LogP contribution in [0, 0.1) is 0 Å². The van der Waals surface area contributed by atoms with Crippen molar-refractivity contribution in [2.45, 2.75) is 31.6 Å². The van der Waals surface area contributed by atoms with Crippen LogP contribution in [0.3, 0.4) is 0 Å². The third kappa shape index (κ3) is 2.82. The Kier molecular flexibility index (Phi) is 3.70. The topological polar surface area (TPSA) is 46.6 Å². The van der Waals surface area contributed by atoms with Gasteiger partial charge in [-0.1, -0.05) is 23.9 Å². The molecule has 4 nitrogen and oxygen atoms in total. The van der Waals surface area contributed by atoms with Crippen LogP contribution in [0.25, 0.3) is 0 Å². The van der Waals surface area contributed by atoms with Gasteiger partial charge in [0.2, 0.25) is 5.91 Å². The first-order valence-corrected chi connectivity index (χ1v) is 7.69. The standard InChI is InChI=1S/C15H17NO3S/c1-10(17)20-13-7-15(18)16(9-13)8-11-2-3-14-12(6-11)4-5-19-14/h2-3,6,13H,4-5,7-9H2,1H3. The number of hydrogen-bond acceptors (Lipinski definition) is 4. The van der Waals surface area contributed by atoms with Crippen LogP contribution in [0.15, 0.2) is 18.2 Å². The number of likely N-dealkylation sites (tertiary alicyclic amines) is 1. The van der Waals surface area contributed by atoms with Gasteiger partial charge in [0, 0.05) is 38.1 Å². The summed E-state index contributed by atoms with van der Waals surface area (Å²) in [7, 11) is 0. The van der Waals surface area contributed by atoms with E-state index in [0.717, 1.165) is 24.3 Å². The van der Waals surface area contributed by atoms with E-state index in [-0.39, 0.29) is 16.3 Å². The number of ether oxygens (including phenoxy) is 1. The van der Waals surface area contributed by atoms with E-state index in [1.165, 1.54) is 17.3 Å². The Labute approximate surface area is 122 Å². The van der Waals surface area contributed by atoms with Crippen molar-refractivity contribution in [2.24, 2.45) is 0 Å². The number of carbonyl (C=O) groups excluding carboxylic acids is 2. The molecule has 0 saturated carbocycles. The highest BCUT2D eigenvalue weighted by Crippen LogP contribution is 2.29. The lowest BCUT2D eigenvalue weighted by Crippen LogP contribution is -2.25. The summed E-state index contributed by atoms with van der Waals surface area (Å²) >= 11 is 1.28. The highest BCUT2D eigenvalue weighted by molar-refractivity contribution is 8.14. The van der Waals surface area contributed by atoms with Gasteiger partial charge in [-0.05, 0) is 17.2 Å². The minimum absolute atomic E-state index is 0.0827. The number of benzene rings is 1. The zero-order valence-electron chi connectivity index (χ0n) is 11.4. The van der Waals surface area contributed by atoms with E-state index in [4.69, 9.17) is 4.74 Å². The summed E-state index contributed by atoms with van der Waals surface area (Å²) in [5, 5.41) is 0.192. The number of thioether (sulfide) groups is 1. The van der Waals surface area contributed by atoms with Crippen LogP contribution in [0.1, 0.15) is 24.5 Å². The third-order valence-electron chi connectivity index (χ3n) is 3.64. The fraction of sp³-hybridized carbons (Fsp3) is 0.467. The molecule has 2 heterocycles. The molecule has 0 N–H and O–H groups in total. The second-order valence-electron chi connectivity index (χ2n) is 5.25. The van der Waals surface area contributed by atoms with Gasteiger partial charge >= 0.3 is 0 Å². The van der Waals surface area contributed by atoms with Gasteiger partial charge in [0.15, 0.2) is 5.12 Å². The van der Waals surface area contributed by atoms with E-state index in [9.17, 15) is 9.59 Å². The van der Waals surface area contributed by atoms with E-state index < -0.39 is 0 Å². The van der Waals surface area contributed by atoms with Crippen molar-refractivity contribution in [3.8, 4) is 5.75 Å². The van der Waals surface area contributed by atoms with E-state index in [0.29, 0.717) is 19.5 Å². The van der Waals surface area contributed by atoms with Crippen LogP contribution in [0.4, 0.5) is 0 Å². The normalized spacial score (nSPS) is 20.9. The molecule has 1 aromatic carbocycles. The van der Waals surface area contributed by atoms with Gasteiger partial charge < -0.3 is 9.64 Å². The lowest BCUT2D eigenvalue weighted by atomic mass is 10.1. The van der Waals surface area contributed by atoms with Gasteiger partial charge in [-0.25, -0.2) is 0 Å². The summed E-state index contributed by atoms with van der Waals surface area (Å²) in [6.45, 7) is 3.59. The Hall–Kier alpha value is -1.49. The summed E-state index contributed by atoms with van der Waals surface area (Å²) in [6, 6.07) is 6.13. The van der Waals surface area contributed by atoms with Crippen molar-refractivity contribution in [1.29, 1.82) is 0 Å². The fourth-order valence-corrected chi connectivity index (χ4v) is 3.71. The highest BCUT2D eigenvalue weighted by atomic mass is 32.2. The van der Waals surface area contributed by atoms with E-state index in [1.54, 1.807) is 6.92 Å². The molecule has 2 aliphatic heterocycles. The quantitative estimate of drug-likeness (QED) is 0.854. The predicted octanol–water partition coefficient (Wildman–Crippen LogP) is 2.00. The average molecular weight is 291 g/mol. The largest absolute Gasteiger partial charge is 0.493 e. The van der Waals surface area contributed by atoms with Crippen LogP contribution in [0.2, 0.25) is 0 Å². The average Bonchev–Trinajstić information content (AvgIpc) is 2.96. The molecule has 0 radical (unpaired) electrons. The van der Waals surface area contributed by atoms with Crippen LogP contribution in [-0.2, 0) is 22.6 Å². The van der Waals surface area contributed by atoms with E-state index in [2.05, 4.69) is 6.07 Å². The van der Waals surface area contributed by atoms with Crippen molar-refractivity contribution >= 4 is 22.8 Å². The molecule has 3 rings (SSSR count). The monoisotopic (exact) mass is 291 g/mol. The summed E-state index contributed by atoms with van der Waals surface area (Å²) in [4.78, 5) is 24.9. The third-order valence-corrected chi connectivity index (χ3v) is 4.62. The van der Waals surface area contributed by atoms with Crippen LogP contribution < -0.4 is 4.74 Å². The van der Waals surface area contributed by atoms with Gasteiger partial charge in [-0.2, -0.15) is 0 Å². The predicted molar refractivity (Wildman–Crippen MR) is 77.7 cm³/mol. The molecule has 20 heavy (non-hydrogen) atoms. The molecule has 5 heteroatoms. The molecule has 0 aliphatic carbocycles. The van der Waals surface area contributed by atoms with Crippen molar-refractivity contribution in [2.75, 3.05) is 13.2 Å². The van der Waals surface area contributed by atoms with Gasteiger partial charge in [-0.15, -0.1) is 0 Å². The Balaban J connectivity index is 1.66. The Morgan fingerprint density at radius 2 is 2.35 bits per heavy atom. The Morgan fingerprint density at radius 1 is 1.50 bits per heavy atom. The zero-order valence-corrected chi connectivity index (χ0v) is 12.2. The maximum Gasteiger partial charge on any atom is 0.224 e. The van der Waals surface area contributed by atoms with Crippen LogP contribution in [-0.4, -0.2) is 34.3 Å². The lowest BCUT2D eigenvalue weighted by molar-refractivity contribution is -0.128. The minimum Gasteiger partial charge on any atom is -0.493 e. The zero-order chi connectivity index (χ0) is 14.1. The number of carbonyl (C=O) groups is 2. The van der Waals surface area contributed by atoms with Gasteiger partial charge in [0.05, 0.1) is 6.61 Å². The molecular formula is C15H17NO3S. The molecule has 1 fully saturated rings. The van der Waals surface area contributed by atoms with Crippen LogP contribution >= 0.6 is 11.8 Å². The molecule has 0 spiro atoms. The first-order valence-electron chi connectivity index (χ1n) is 6.81. The van der Waals surface area contributed by atoms with Crippen molar-refractivity contribution in [3.63, 3.8) is 0 Å². The van der Waals surface area contributed by atoms with Gasteiger partial charge in [0.25, 0.3) is 0 Å². The Morgan fingerprint density at radius 3 is 3.15 bits per heavy atom. The van der Waals surface area contributed by atoms with Gasteiger partial charge in [0.1, 0.15) is 5.75 Å². The Bertz CT molecular complexity index is 558. The van der Waals surface area contributed by atoms with Crippen LogP contribution in [0.5, 0.6) is 5.75 Å². The first-order chi connectivity index (χ1) is 9.61. The number of fused-ring (bicyclic) bond motifs is 1. The SMILES string of the molecule is CC(=O)SC1CC(=O)N(Cc2ccc3c(c2)CCO3)C1. The smallest absolute Gasteiger partial charge is 0.224 e. The molecule has 0 aromatic heterocycles. The van der Waals surface area contributed by atoms with Crippen molar-refractivity contribution in [3.05, 3.63) is 29.3 Å². The second-order valence-corrected chi connectivity index (χ2v) is 6.73. The van der Waals surface area contributed by atoms with E-state index in [1.807, 2.05) is 17.0 Å². The summed E-state index contributed by atoms with van der Waals surface area (Å²) in [5.41, 5.74) is 2.36. The molecule has 1 atom stereocenters. The summed E-state index contributed by atoms with van der Waals surface area (Å²) in [5.74, 6) is 1.10. The molecule has 106 valence electrons. The number of amides is 1. The highest BCUT2D eigenvalue weighted by Gasteiger charge is 2.30. The summed E-state index contributed by atoms with van der Waals surface area (Å²) in [6.07, 6.45) is 1.41. The molecular weight excluding hydrogens is 274 g/mol. The second kappa shape index (κ2) is 5.48. The summed E-state index contributed by atoms with van der Waals surface area (Å²) < 4.78 is 5.48. The van der Waals surface area contributed by atoms with Gasteiger partial charge in [-0.3, -0.25) is 9.59 Å². The molecule has 1 saturated heterocycles. The molecule has 1 unspecified atom stereocenters.